The second-order valence-corrected chi connectivity index (χ2v) is 6.89. The molecular weight excluding hydrogens is 302 g/mol. The van der Waals surface area contributed by atoms with Crippen molar-refractivity contribution in [1.29, 1.82) is 0 Å². The average Bonchev–Trinajstić information content (AvgIpc) is 3.14. The van der Waals surface area contributed by atoms with Gasteiger partial charge in [-0.1, -0.05) is 12.8 Å². The van der Waals surface area contributed by atoms with E-state index in [4.69, 9.17) is 4.74 Å². The summed E-state index contributed by atoms with van der Waals surface area (Å²) in [6.45, 7) is 5.78. The summed E-state index contributed by atoms with van der Waals surface area (Å²) in [7, 11) is 1.69. The monoisotopic (exact) mass is 331 g/mol. The van der Waals surface area contributed by atoms with Crippen molar-refractivity contribution >= 4 is 11.6 Å². The zero-order chi connectivity index (χ0) is 16.9. The summed E-state index contributed by atoms with van der Waals surface area (Å²) < 4.78 is 5.21. The van der Waals surface area contributed by atoms with Crippen molar-refractivity contribution in [1.82, 2.24) is 10.2 Å². The van der Waals surface area contributed by atoms with Crippen LogP contribution in [0.25, 0.3) is 0 Å². The Labute approximate surface area is 145 Å². The minimum atomic E-state index is -0.0383. The van der Waals surface area contributed by atoms with Crippen LogP contribution in [0.2, 0.25) is 0 Å². The number of carbonyl (C=O) groups excluding carboxylic acids is 1. The lowest BCUT2D eigenvalue weighted by molar-refractivity contribution is -0.126. The van der Waals surface area contributed by atoms with E-state index in [0.29, 0.717) is 6.04 Å². The van der Waals surface area contributed by atoms with Crippen molar-refractivity contribution in [3.63, 3.8) is 0 Å². The van der Waals surface area contributed by atoms with Crippen molar-refractivity contribution < 1.29 is 9.53 Å². The van der Waals surface area contributed by atoms with Crippen molar-refractivity contribution in [2.24, 2.45) is 0 Å². The van der Waals surface area contributed by atoms with E-state index in [1.807, 2.05) is 19.1 Å². The molecule has 3 rings (SSSR count). The third kappa shape index (κ3) is 4.01. The van der Waals surface area contributed by atoms with Gasteiger partial charge in [0.2, 0.25) is 5.91 Å². The molecule has 1 aromatic rings. The first-order chi connectivity index (χ1) is 11.7. The number of benzene rings is 1. The van der Waals surface area contributed by atoms with E-state index in [2.05, 4.69) is 27.2 Å². The summed E-state index contributed by atoms with van der Waals surface area (Å²) in [5.41, 5.74) is 1.22. The van der Waals surface area contributed by atoms with E-state index in [-0.39, 0.29) is 11.9 Å². The minimum Gasteiger partial charge on any atom is -0.497 e. The van der Waals surface area contributed by atoms with Gasteiger partial charge in [0.25, 0.3) is 0 Å². The summed E-state index contributed by atoms with van der Waals surface area (Å²) in [6, 6.07) is 8.57. The Balaban J connectivity index is 1.49. The molecule has 1 aliphatic heterocycles. The fourth-order valence-corrected chi connectivity index (χ4v) is 3.72. The van der Waals surface area contributed by atoms with Crippen LogP contribution < -0.4 is 15.0 Å². The van der Waals surface area contributed by atoms with Crippen LogP contribution in [0.5, 0.6) is 5.75 Å². The standard InChI is InChI=1S/C19H29N3O2/c1-15(19(23)20-16-5-3-4-6-16)21-11-13-22(14-12-21)17-7-9-18(24-2)10-8-17/h7-10,15-16H,3-6,11-14H2,1-2H3,(H,20,23)/t15-/m1/s1. The van der Waals surface area contributed by atoms with Gasteiger partial charge in [0.1, 0.15) is 5.75 Å². The molecule has 1 heterocycles. The van der Waals surface area contributed by atoms with Crippen molar-refractivity contribution in [3.05, 3.63) is 24.3 Å². The number of nitrogens with zero attached hydrogens (tertiary/aromatic N) is 2. The Morgan fingerprint density at radius 2 is 1.75 bits per heavy atom. The molecule has 1 aliphatic carbocycles. The van der Waals surface area contributed by atoms with Crippen LogP contribution in [0.4, 0.5) is 5.69 Å². The van der Waals surface area contributed by atoms with Gasteiger partial charge in [-0.2, -0.15) is 0 Å². The lowest BCUT2D eigenvalue weighted by atomic mass is 10.1. The minimum absolute atomic E-state index is 0.0383. The predicted octanol–water partition coefficient (Wildman–Crippen LogP) is 2.26. The van der Waals surface area contributed by atoms with Gasteiger partial charge < -0.3 is 15.0 Å². The topological polar surface area (TPSA) is 44.8 Å². The van der Waals surface area contributed by atoms with Gasteiger partial charge in [-0.3, -0.25) is 9.69 Å². The van der Waals surface area contributed by atoms with Crippen LogP contribution in [-0.4, -0.2) is 56.2 Å². The Morgan fingerprint density at radius 1 is 1.12 bits per heavy atom. The third-order valence-corrected chi connectivity index (χ3v) is 5.38. The second kappa shape index (κ2) is 7.88. The molecule has 2 fully saturated rings. The highest BCUT2D eigenvalue weighted by molar-refractivity contribution is 5.81. The quantitative estimate of drug-likeness (QED) is 0.899. The second-order valence-electron chi connectivity index (χ2n) is 6.89. The largest absolute Gasteiger partial charge is 0.497 e. The number of carbonyl (C=O) groups is 1. The maximum atomic E-state index is 12.4. The molecule has 0 bridgehead atoms. The number of piperazine rings is 1. The summed E-state index contributed by atoms with van der Waals surface area (Å²) in [6.07, 6.45) is 4.78. The molecule has 5 heteroatoms. The number of anilines is 1. The first kappa shape index (κ1) is 17.1. The molecule has 0 unspecified atom stereocenters. The molecule has 1 saturated carbocycles. The van der Waals surface area contributed by atoms with Gasteiger partial charge in [0.05, 0.1) is 13.2 Å². The van der Waals surface area contributed by atoms with Crippen LogP contribution in [0.15, 0.2) is 24.3 Å². The lowest BCUT2D eigenvalue weighted by Crippen LogP contribution is -2.54. The average molecular weight is 331 g/mol. The molecule has 1 N–H and O–H groups in total. The molecule has 2 aliphatic rings. The smallest absolute Gasteiger partial charge is 0.237 e. The van der Waals surface area contributed by atoms with Crippen LogP contribution in [-0.2, 0) is 4.79 Å². The molecule has 24 heavy (non-hydrogen) atoms. The van der Waals surface area contributed by atoms with Gasteiger partial charge >= 0.3 is 0 Å². The van der Waals surface area contributed by atoms with Gasteiger partial charge in [-0.05, 0) is 44.0 Å². The highest BCUT2D eigenvalue weighted by Crippen LogP contribution is 2.21. The molecule has 1 aromatic carbocycles. The molecule has 132 valence electrons. The number of ether oxygens (including phenoxy) is 1. The zero-order valence-electron chi connectivity index (χ0n) is 14.8. The molecule has 0 aromatic heterocycles. The summed E-state index contributed by atoms with van der Waals surface area (Å²) in [5, 5.41) is 3.22. The van der Waals surface area contributed by atoms with Gasteiger partial charge in [0.15, 0.2) is 0 Å². The number of hydrogen-bond donors (Lipinski definition) is 1. The van der Waals surface area contributed by atoms with Gasteiger partial charge in [0, 0.05) is 37.9 Å². The highest BCUT2D eigenvalue weighted by Gasteiger charge is 2.27. The normalized spacial score (nSPS) is 20.8. The summed E-state index contributed by atoms with van der Waals surface area (Å²) >= 11 is 0. The summed E-state index contributed by atoms with van der Waals surface area (Å²) in [4.78, 5) is 17.1. The van der Waals surface area contributed by atoms with Crippen molar-refractivity contribution in [3.8, 4) is 5.75 Å². The Bertz CT molecular complexity index is 532. The SMILES string of the molecule is COc1ccc(N2CCN([C@H](C)C(=O)NC3CCCC3)CC2)cc1. The van der Waals surface area contributed by atoms with Gasteiger partial charge in [-0.25, -0.2) is 0 Å². The van der Waals surface area contributed by atoms with E-state index in [1.54, 1.807) is 7.11 Å². The number of rotatable bonds is 5. The maximum absolute atomic E-state index is 12.4. The molecule has 5 nitrogen and oxygen atoms in total. The van der Waals surface area contributed by atoms with E-state index < -0.39 is 0 Å². The number of methoxy groups -OCH3 is 1. The van der Waals surface area contributed by atoms with Crippen molar-refractivity contribution in [2.75, 3.05) is 38.2 Å². The summed E-state index contributed by atoms with van der Waals surface area (Å²) in [5.74, 6) is 1.08. The molecular formula is C19H29N3O2. The fourth-order valence-electron chi connectivity index (χ4n) is 3.72. The number of nitrogens with one attached hydrogen (secondary N) is 1. The lowest BCUT2D eigenvalue weighted by Gasteiger charge is -2.38. The van der Waals surface area contributed by atoms with Crippen LogP contribution in [0.1, 0.15) is 32.6 Å². The fraction of sp³-hybridized carbons (Fsp3) is 0.632. The van der Waals surface area contributed by atoms with Crippen LogP contribution >= 0.6 is 0 Å². The third-order valence-electron chi connectivity index (χ3n) is 5.38. The van der Waals surface area contributed by atoms with Gasteiger partial charge in [-0.15, -0.1) is 0 Å². The van der Waals surface area contributed by atoms with E-state index in [1.165, 1.54) is 18.5 Å². The highest BCUT2D eigenvalue weighted by atomic mass is 16.5. The van der Waals surface area contributed by atoms with Crippen LogP contribution in [0, 0.1) is 0 Å². The zero-order valence-corrected chi connectivity index (χ0v) is 14.8. The van der Waals surface area contributed by atoms with E-state index >= 15 is 0 Å². The molecule has 1 saturated heterocycles. The molecule has 0 spiro atoms. The van der Waals surface area contributed by atoms with Crippen LogP contribution in [0.3, 0.4) is 0 Å². The molecule has 0 radical (unpaired) electrons. The first-order valence-electron chi connectivity index (χ1n) is 9.11. The van der Waals surface area contributed by atoms with E-state index in [9.17, 15) is 4.79 Å². The number of hydrogen-bond acceptors (Lipinski definition) is 4. The Morgan fingerprint density at radius 3 is 2.33 bits per heavy atom. The first-order valence-corrected chi connectivity index (χ1v) is 9.11. The van der Waals surface area contributed by atoms with Crippen molar-refractivity contribution in [2.45, 2.75) is 44.7 Å². The van der Waals surface area contributed by atoms with E-state index in [0.717, 1.165) is 44.8 Å². The molecule has 1 atom stereocenters. The number of amides is 1. The molecule has 1 amide bonds. The predicted molar refractivity (Wildman–Crippen MR) is 96.6 cm³/mol. The maximum Gasteiger partial charge on any atom is 0.237 e. The Hall–Kier alpha value is -1.75. The Kier molecular flexibility index (Phi) is 5.61.